The molecule has 0 amide bonds. The average molecular weight is 313 g/mol. The first-order chi connectivity index (χ1) is 8.50. The summed E-state index contributed by atoms with van der Waals surface area (Å²) in [6, 6.07) is 5.94. The van der Waals surface area contributed by atoms with E-state index in [0.717, 1.165) is 22.2 Å². The third kappa shape index (κ3) is 3.48. The molecule has 3 heteroatoms. The van der Waals surface area contributed by atoms with Crippen LogP contribution in [0.3, 0.4) is 0 Å². The van der Waals surface area contributed by atoms with E-state index in [-0.39, 0.29) is 0 Å². The van der Waals surface area contributed by atoms with Crippen LogP contribution < -0.4 is 4.74 Å². The molecule has 0 saturated heterocycles. The highest BCUT2D eigenvalue weighted by molar-refractivity contribution is 9.10. The highest BCUT2D eigenvalue weighted by Crippen LogP contribution is 2.36. The summed E-state index contributed by atoms with van der Waals surface area (Å²) >= 11 is 3.47. The Hall–Kier alpha value is -0.540. The summed E-state index contributed by atoms with van der Waals surface area (Å²) in [6.07, 6.45) is 5.40. The maximum absolute atomic E-state index is 10.5. The van der Waals surface area contributed by atoms with Gasteiger partial charge in [0.05, 0.1) is 12.7 Å². The molecule has 0 spiro atoms. The number of benzene rings is 1. The van der Waals surface area contributed by atoms with E-state index in [1.54, 1.807) is 7.11 Å². The summed E-state index contributed by atoms with van der Waals surface area (Å²) in [6.45, 7) is 1.94. The lowest BCUT2D eigenvalue weighted by Gasteiger charge is -2.33. The van der Waals surface area contributed by atoms with Gasteiger partial charge in [-0.1, -0.05) is 35.2 Å². The van der Waals surface area contributed by atoms with Crippen LogP contribution in [0, 0.1) is 5.92 Å². The van der Waals surface area contributed by atoms with Gasteiger partial charge in [-0.25, -0.2) is 0 Å². The van der Waals surface area contributed by atoms with Gasteiger partial charge in [0.1, 0.15) is 5.75 Å². The maximum Gasteiger partial charge on any atom is 0.122 e. The largest absolute Gasteiger partial charge is 0.496 e. The summed E-state index contributed by atoms with van der Waals surface area (Å²) in [4.78, 5) is 0. The number of rotatable bonds is 5. The Kier molecular flexibility index (Phi) is 4.33. The lowest BCUT2D eigenvalue weighted by molar-refractivity contribution is 0.0199. The van der Waals surface area contributed by atoms with Crippen LogP contribution in [0.4, 0.5) is 0 Å². The van der Waals surface area contributed by atoms with Crippen molar-refractivity contribution >= 4 is 15.9 Å². The van der Waals surface area contributed by atoms with Crippen molar-refractivity contribution in [3.05, 3.63) is 28.2 Å². The minimum absolute atomic E-state index is 0.640. The first kappa shape index (κ1) is 13.9. The molecule has 1 atom stereocenters. The molecule has 1 unspecified atom stereocenters. The third-order valence-corrected chi connectivity index (χ3v) is 4.26. The summed E-state index contributed by atoms with van der Waals surface area (Å²) in [7, 11) is 1.67. The molecule has 18 heavy (non-hydrogen) atoms. The van der Waals surface area contributed by atoms with E-state index in [1.807, 2.05) is 25.1 Å². The second-order valence-corrected chi connectivity index (χ2v) is 6.55. The molecule has 1 N–H and O–H groups in total. The zero-order chi connectivity index (χ0) is 13.2. The van der Waals surface area contributed by atoms with Gasteiger partial charge >= 0.3 is 0 Å². The topological polar surface area (TPSA) is 29.5 Å². The van der Waals surface area contributed by atoms with Crippen LogP contribution in [0.5, 0.6) is 5.75 Å². The minimum atomic E-state index is -0.640. The zero-order valence-corrected chi connectivity index (χ0v) is 12.7. The average Bonchev–Trinajstić information content (AvgIpc) is 2.24. The number of hydrogen-bond donors (Lipinski definition) is 1. The predicted octanol–water partition coefficient (Wildman–Crippen LogP) is 3.94. The Bertz CT molecular complexity index is 411. The fourth-order valence-electron chi connectivity index (χ4n) is 2.69. The smallest absolute Gasteiger partial charge is 0.122 e. The predicted molar refractivity (Wildman–Crippen MR) is 77.0 cm³/mol. The molecule has 0 aliphatic heterocycles. The quantitative estimate of drug-likeness (QED) is 0.892. The molecule has 1 fully saturated rings. The van der Waals surface area contributed by atoms with E-state index in [9.17, 15) is 5.11 Å². The van der Waals surface area contributed by atoms with Crippen molar-refractivity contribution in [3.63, 3.8) is 0 Å². The Balaban J connectivity index is 2.08. The van der Waals surface area contributed by atoms with Crippen molar-refractivity contribution in [1.82, 2.24) is 0 Å². The van der Waals surface area contributed by atoms with Crippen LogP contribution in [0.25, 0.3) is 0 Å². The van der Waals surface area contributed by atoms with E-state index < -0.39 is 5.60 Å². The monoisotopic (exact) mass is 312 g/mol. The lowest BCUT2D eigenvalue weighted by Crippen LogP contribution is -2.32. The molecule has 1 aromatic carbocycles. The number of hydrogen-bond acceptors (Lipinski definition) is 2. The van der Waals surface area contributed by atoms with Gasteiger partial charge in [0, 0.05) is 10.9 Å². The molecule has 1 aromatic rings. The molecule has 100 valence electrons. The fraction of sp³-hybridized carbons (Fsp3) is 0.600. The summed E-state index contributed by atoms with van der Waals surface area (Å²) in [5.74, 6) is 1.56. The number of methoxy groups -OCH3 is 1. The van der Waals surface area contributed by atoms with E-state index >= 15 is 0 Å². The van der Waals surface area contributed by atoms with Crippen molar-refractivity contribution in [2.45, 2.75) is 44.6 Å². The molecule has 0 radical (unpaired) electrons. The summed E-state index contributed by atoms with van der Waals surface area (Å²) in [5.41, 5.74) is 0.426. The van der Waals surface area contributed by atoms with Gasteiger partial charge < -0.3 is 9.84 Å². The highest BCUT2D eigenvalue weighted by Gasteiger charge is 2.29. The number of ether oxygens (including phenoxy) is 1. The van der Waals surface area contributed by atoms with Crippen LogP contribution in [0.2, 0.25) is 0 Å². The molecule has 1 saturated carbocycles. The van der Waals surface area contributed by atoms with Gasteiger partial charge in [-0.3, -0.25) is 0 Å². The molecule has 1 aliphatic carbocycles. The molecule has 1 aliphatic rings. The Morgan fingerprint density at radius 3 is 2.72 bits per heavy atom. The normalized spacial score (nSPS) is 19.1. The molecule has 0 bridgehead atoms. The SMILES string of the molecule is COc1ccc(Br)cc1CC(C)(O)CC1CCC1. The van der Waals surface area contributed by atoms with Crippen molar-refractivity contribution in [3.8, 4) is 5.75 Å². The van der Waals surface area contributed by atoms with Crippen molar-refractivity contribution in [2.75, 3.05) is 7.11 Å². The Labute approximate surface area is 117 Å². The second kappa shape index (κ2) is 5.62. The van der Waals surface area contributed by atoms with Gasteiger partial charge in [0.25, 0.3) is 0 Å². The standard InChI is InChI=1S/C15H21BrO2/c1-15(17,9-11-4-3-5-11)10-12-8-13(16)6-7-14(12)18-2/h6-8,11,17H,3-5,9-10H2,1-2H3. The lowest BCUT2D eigenvalue weighted by atomic mass is 9.76. The molecule has 0 heterocycles. The van der Waals surface area contributed by atoms with Crippen LogP contribution in [0.15, 0.2) is 22.7 Å². The van der Waals surface area contributed by atoms with Crippen molar-refractivity contribution in [2.24, 2.45) is 5.92 Å². The van der Waals surface area contributed by atoms with Crippen LogP contribution in [-0.4, -0.2) is 17.8 Å². The summed E-state index contributed by atoms with van der Waals surface area (Å²) < 4.78 is 6.39. The number of aliphatic hydroxyl groups is 1. The van der Waals surface area contributed by atoms with Gasteiger partial charge in [0.15, 0.2) is 0 Å². The molecule has 2 rings (SSSR count). The first-order valence-electron chi connectivity index (χ1n) is 6.55. The van der Waals surface area contributed by atoms with Crippen LogP contribution in [0.1, 0.15) is 38.2 Å². The van der Waals surface area contributed by atoms with Crippen molar-refractivity contribution in [1.29, 1.82) is 0 Å². The van der Waals surface area contributed by atoms with Gasteiger partial charge in [-0.15, -0.1) is 0 Å². The fourth-order valence-corrected chi connectivity index (χ4v) is 3.10. The molecule has 0 aromatic heterocycles. The van der Waals surface area contributed by atoms with E-state index in [2.05, 4.69) is 15.9 Å². The van der Waals surface area contributed by atoms with Gasteiger partial charge in [-0.05, 0) is 43.0 Å². The summed E-state index contributed by atoms with van der Waals surface area (Å²) in [5, 5.41) is 10.5. The van der Waals surface area contributed by atoms with Crippen LogP contribution >= 0.6 is 15.9 Å². The van der Waals surface area contributed by atoms with Gasteiger partial charge in [0.2, 0.25) is 0 Å². The molecule has 2 nitrogen and oxygen atoms in total. The minimum Gasteiger partial charge on any atom is -0.496 e. The Morgan fingerprint density at radius 2 is 2.17 bits per heavy atom. The van der Waals surface area contributed by atoms with Crippen LogP contribution in [-0.2, 0) is 6.42 Å². The Morgan fingerprint density at radius 1 is 1.44 bits per heavy atom. The first-order valence-corrected chi connectivity index (χ1v) is 7.34. The van der Waals surface area contributed by atoms with Gasteiger partial charge in [-0.2, -0.15) is 0 Å². The second-order valence-electron chi connectivity index (χ2n) is 5.63. The molecular weight excluding hydrogens is 292 g/mol. The highest BCUT2D eigenvalue weighted by atomic mass is 79.9. The third-order valence-electron chi connectivity index (χ3n) is 3.77. The van der Waals surface area contributed by atoms with Crippen molar-refractivity contribution < 1.29 is 9.84 Å². The number of halogens is 1. The van der Waals surface area contributed by atoms with E-state index in [4.69, 9.17) is 4.74 Å². The molecular formula is C15H21BrO2. The van der Waals surface area contributed by atoms with E-state index in [0.29, 0.717) is 12.3 Å². The van der Waals surface area contributed by atoms with E-state index in [1.165, 1.54) is 19.3 Å². The zero-order valence-electron chi connectivity index (χ0n) is 11.1. The maximum atomic E-state index is 10.5.